The largest absolute Gasteiger partial charge is 0.354 e. The Morgan fingerprint density at radius 1 is 1.17 bits per heavy atom. The average molecular weight is 498 g/mol. The van der Waals surface area contributed by atoms with Gasteiger partial charge in [-0.3, -0.25) is 9.59 Å². The molecule has 2 aromatic rings. The second-order valence-electron chi connectivity index (χ2n) is 6.74. The minimum absolute atomic E-state index is 0.0591. The molecule has 2 amide bonds. The van der Waals surface area contributed by atoms with Crippen molar-refractivity contribution in [2.75, 3.05) is 12.3 Å². The molecule has 0 saturated heterocycles. The van der Waals surface area contributed by atoms with Crippen LogP contribution in [-0.4, -0.2) is 35.1 Å². The highest BCUT2D eigenvalue weighted by molar-refractivity contribution is 9.10. The number of amides is 2. The normalized spacial score (nSPS) is 11.7. The van der Waals surface area contributed by atoms with Gasteiger partial charge in [-0.05, 0) is 48.7 Å². The predicted molar refractivity (Wildman–Crippen MR) is 125 cm³/mol. The lowest BCUT2D eigenvalue weighted by Crippen LogP contribution is -2.48. The number of thioether (sulfide) groups is 1. The Bertz CT molecular complexity index is 834. The summed E-state index contributed by atoms with van der Waals surface area (Å²) in [5, 5.41) is 3.58. The smallest absolute Gasteiger partial charge is 0.242 e. The van der Waals surface area contributed by atoms with Gasteiger partial charge in [0.05, 0.1) is 5.75 Å². The Kier molecular flexibility index (Phi) is 10.0. The van der Waals surface area contributed by atoms with Gasteiger partial charge in [0.25, 0.3) is 0 Å². The van der Waals surface area contributed by atoms with Gasteiger partial charge in [-0.15, -0.1) is 11.8 Å². The molecule has 156 valence electrons. The Morgan fingerprint density at radius 3 is 2.59 bits per heavy atom. The maximum Gasteiger partial charge on any atom is 0.242 e. The van der Waals surface area contributed by atoms with Crippen molar-refractivity contribution in [3.63, 3.8) is 0 Å². The molecule has 0 aliphatic carbocycles. The van der Waals surface area contributed by atoms with Gasteiger partial charge >= 0.3 is 0 Å². The highest BCUT2D eigenvalue weighted by atomic mass is 79.9. The topological polar surface area (TPSA) is 49.4 Å². The summed E-state index contributed by atoms with van der Waals surface area (Å²) in [6, 6.07) is 14.9. The molecule has 0 bridgehead atoms. The summed E-state index contributed by atoms with van der Waals surface area (Å²) in [7, 11) is 0. The van der Waals surface area contributed by atoms with Crippen LogP contribution in [0.15, 0.2) is 53.0 Å². The molecule has 2 aromatic carbocycles. The molecule has 0 aliphatic heterocycles. The van der Waals surface area contributed by atoms with E-state index in [0.717, 1.165) is 22.0 Å². The van der Waals surface area contributed by atoms with Crippen LogP contribution >= 0.6 is 39.3 Å². The molecular weight excluding hydrogens is 472 g/mol. The minimum Gasteiger partial charge on any atom is -0.354 e. The van der Waals surface area contributed by atoms with Crippen molar-refractivity contribution in [1.29, 1.82) is 0 Å². The molecule has 0 saturated carbocycles. The Balaban J connectivity index is 2.05. The molecule has 0 aromatic heterocycles. The fourth-order valence-corrected chi connectivity index (χ4v) is 4.29. The lowest BCUT2D eigenvalue weighted by Gasteiger charge is -2.29. The highest BCUT2D eigenvalue weighted by Crippen LogP contribution is 2.19. The van der Waals surface area contributed by atoms with Crippen LogP contribution in [0.4, 0.5) is 0 Å². The molecule has 29 heavy (non-hydrogen) atoms. The molecule has 0 fully saturated rings. The van der Waals surface area contributed by atoms with Crippen LogP contribution in [0.5, 0.6) is 0 Å². The van der Waals surface area contributed by atoms with Crippen molar-refractivity contribution in [2.45, 2.75) is 38.6 Å². The van der Waals surface area contributed by atoms with Crippen LogP contribution in [0.3, 0.4) is 0 Å². The van der Waals surface area contributed by atoms with Gasteiger partial charge in [-0.25, -0.2) is 0 Å². The molecule has 2 rings (SSSR count). The van der Waals surface area contributed by atoms with Crippen molar-refractivity contribution in [3.8, 4) is 0 Å². The minimum atomic E-state index is -0.542. The van der Waals surface area contributed by atoms with E-state index in [4.69, 9.17) is 11.6 Å². The van der Waals surface area contributed by atoms with Crippen molar-refractivity contribution >= 4 is 51.1 Å². The van der Waals surface area contributed by atoms with E-state index in [9.17, 15) is 9.59 Å². The fraction of sp³-hybridized carbons (Fsp3) is 0.364. The first-order valence-electron chi connectivity index (χ1n) is 9.54. The van der Waals surface area contributed by atoms with Gasteiger partial charge in [0.2, 0.25) is 11.8 Å². The Hall–Kier alpha value is -1.50. The van der Waals surface area contributed by atoms with Crippen molar-refractivity contribution < 1.29 is 9.59 Å². The Labute approximate surface area is 190 Å². The van der Waals surface area contributed by atoms with Crippen LogP contribution < -0.4 is 5.32 Å². The van der Waals surface area contributed by atoms with Gasteiger partial charge in [0.15, 0.2) is 0 Å². The molecule has 1 N–H and O–H groups in total. The second-order valence-corrected chi connectivity index (χ2v) is 9.08. The molecule has 0 radical (unpaired) electrons. The van der Waals surface area contributed by atoms with E-state index in [1.165, 1.54) is 11.8 Å². The average Bonchev–Trinajstić information content (AvgIpc) is 2.69. The van der Waals surface area contributed by atoms with Gasteiger partial charge in [-0.1, -0.05) is 58.7 Å². The number of benzene rings is 2. The predicted octanol–water partition coefficient (Wildman–Crippen LogP) is 5.28. The zero-order chi connectivity index (χ0) is 21.2. The van der Waals surface area contributed by atoms with E-state index < -0.39 is 6.04 Å². The maximum atomic E-state index is 13.0. The van der Waals surface area contributed by atoms with Crippen LogP contribution in [-0.2, 0) is 21.9 Å². The molecule has 0 heterocycles. The molecule has 0 spiro atoms. The van der Waals surface area contributed by atoms with Crippen LogP contribution in [0.2, 0.25) is 5.02 Å². The number of rotatable bonds is 10. The molecule has 0 unspecified atom stereocenters. The quantitative estimate of drug-likeness (QED) is 0.486. The Morgan fingerprint density at radius 2 is 1.90 bits per heavy atom. The monoisotopic (exact) mass is 496 g/mol. The summed E-state index contributed by atoms with van der Waals surface area (Å²) in [4.78, 5) is 27.1. The third-order valence-electron chi connectivity index (χ3n) is 4.34. The van der Waals surface area contributed by atoms with E-state index >= 15 is 0 Å². The highest BCUT2D eigenvalue weighted by Gasteiger charge is 2.25. The SMILES string of the molecule is CCCNC(=O)[C@@H](C)N(Cc1cccc(Br)c1)C(=O)CSCc1cccc(Cl)c1. The number of halogens is 2. The van der Waals surface area contributed by atoms with Crippen molar-refractivity contribution in [1.82, 2.24) is 10.2 Å². The number of carbonyl (C=O) groups is 2. The fourth-order valence-electron chi connectivity index (χ4n) is 2.78. The molecular formula is C22H26BrClN2O2S. The van der Waals surface area contributed by atoms with E-state index in [1.54, 1.807) is 11.8 Å². The summed E-state index contributed by atoms with van der Waals surface area (Å²) < 4.78 is 0.945. The number of carbonyl (C=O) groups excluding carboxylic acids is 2. The first-order chi connectivity index (χ1) is 13.9. The summed E-state index contributed by atoms with van der Waals surface area (Å²) >= 11 is 11.0. The lowest BCUT2D eigenvalue weighted by atomic mass is 10.1. The van der Waals surface area contributed by atoms with E-state index in [2.05, 4.69) is 21.2 Å². The molecule has 7 heteroatoms. The van der Waals surface area contributed by atoms with Gasteiger partial charge in [0.1, 0.15) is 6.04 Å². The zero-order valence-electron chi connectivity index (χ0n) is 16.7. The maximum absolute atomic E-state index is 13.0. The number of hydrogen-bond donors (Lipinski definition) is 1. The van der Waals surface area contributed by atoms with E-state index in [0.29, 0.717) is 29.6 Å². The van der Waals surface area contributed by atoms with Gasteiger partial charge in [-0.2, -0.15) is 0 Å². The van der Waals surface area contributed by atoms with Gasteiger partial charge in [0, 0.05) is 28.3 Å². The van der Waals surface area contributed by atoms with Crippen LogP contribution in [0, 0.1) is 0 Å². The van der Waals surface area contributed by atoms with Gasteiger partial charge < -0.3 is 10.2 Å². The molecule has 0 aliphatic rings. The van der Waals surface area contributed by atoms with Crippen LogP contribution in [0.1, 0.15) is 31.4 Å². The summed E-state index contributed by atoms with van der Waals surface area (Å²) in [5.41, 5.74) is 2.05. The number of hydrogen-bond acceptors (Lipinski definition) is 3. The lowest BCUT2D eigenvalue weighted by molar-refractivity contribution is -0.138. The van der Waals surface area contributed by atoms with Crippen LogP contribution in [0.25, 0.3) is 0 Å². The summed E-state index contributed by atoms with van der Waals surface area (Å²) in [6.45, 7) is 4.77. The molecule has 1 atom stereocenters. The summed E-state index contributed by atoms with van der Waals surface area (Å²) in [5.74, 6) is 0.797. The second kappa shape index (κ2) is 12.3. The summed E-state index contributed by atoms with van der Waals surface area (Å²) in [6.07, 6.45) is 0.855. The molecule has 4 nitrogen and oxygen atoms in total. The van der Waals surface area contributed by atoms with E-state index in [-0.39, 0.29) is 11.8 Å². The number of nitrogens with zero attached hydrogens (tertiary/aromatic N) is 1. The standard InChI is InChI=1S/C22H26BrClN2O2S/c1-3-10-25-22(28)16(2)26(13-17-6-4-8-19(23)11-17)21(27)15-29-14-18-7-5-9-20(24)12-18/h4-9,11-12,16H,3,10,13-15H2,1-2H3,(H,25,28)/t16-/m1/s1. The first-order valence-corrected chi connectivity index (χ1v) is 11.9. The van der Waals surface area contributed by atoms with Crippen molar-refractivity contribution in [3.05, 3.63) is 69.2 Å². The zero-order valence-corrected chi connectivity index (χ0v) is 19.8. The third kappa shape index (κ3) is 8.03. The first kappa shape index (κ1) is 23.8. The number of nitrogens with one attached hydrogen (secondary N) is 1. The van der Waals surface area contributed by atoms with E-state index in [1.807, 2.05) is 55.5 Å². The third-order valence-corrected chi connectivity index (χ3v) is 6.06. The van der Waals surface area contributed by atoms with Crippen molar-refractivity contribution in [2.24, 2.45) is 0 Å².